The van der Waals surface area contributed by atoms with E-state index in [1.54, 1.807) is 0 Å². The summed E-state index contributed by atoms with van der Waals surface area (Å²) in [6.45, 7) is 0. The zero-order valence-corrected chi connectivity index (χ0v) is 14.3. The van der Waals surface area contributed by atoms with Gasteiger partial charge >= 0.3 is 0 Å². The highest BCUT2D eigenvalue weighted by atomic mass is 14.2. The Kier molecular flexibility index (Phi) is 2.19. The molecule has 0 N–H and O–H groups in total. The van der Waals surface area contributed by atoms with E-state index in [4.69, 9.17) is 0 Å². The van der Waals surface area contributed by atoms with Crippen molar-refractivity contribution in [3.05, 3.63) is 82.9 Å². The molecule has 0 heteroatoms. The van der Waals surface area contributed by atoms with E-state index in [0.29, 0.717) is 0 Å². The van der Waals surface area contributed by atoms with Crippen LogP contribution in [0.25, 0.3) is 55.2 Å². The number of rotatable bonds is 0. The average molecular weight is 328 g/mol. The first-order valence-corrected chi connectivity index (χ1v) is 9.41. The van der Waals surface area contributed by atoms with Crippen molar-refractivity contribution in [3.8, 4) is 0 Å². The molecule has 0 aromatic heterocycles. The van der Waals surface area contributed by atoms with Crippen LogP contribution < -0.4 is 0 Å². The SMILES string of the molecule is C1=Cc2ccc3c4ccc5c6c(ccc(c7ccc(c2c37)C1)c64)C=CC5. The summed E-state index contributed by atoms with van der Waals surface area (Å²) in [6.07, 6.45) is 11.2. The number of hydrogen-bond acceptors (Lipinski definition) is 0. The summed E-state index contributed by atoms with van der Waals surface area (Å²) >= 11 is 0. The highest BCUT2D eigenvalue weighted by Crippen LogP contribution is 2.45. The van der Waals surface area contributed by atoms with Crippen LogP contribution in [-0.4, -0.2) is 0 Å². The van der Waals surface area contributed by atoms with Gasteiger partial charge in [-0.2, -0.15) is 0 Å². The van der Waals surface area contributed by atoms with Crippen molar-refractivity contribution in [2.24, 2.45) is 0 Å². The van der Waals surface area contributed by atoms with Gasteiger partial charge in [0.1, 0.15) is 0 Å². The second-order valence-corrected chi connectivity index (χ2v) is 7.66. The van der Waals surface area contributed by atoms with Crippen molar-refractivity contribution in [3.63, 3.8) is 0 Å². The highest BCUT2D eigenvalue weighted by Gasteiger charge is 2.19. The normalized spacial score (nSPS) is 15.1. The molecule has 0 aliphatic heterocycles. The lowest BCUT2D eigenvalue weighted by atomic mass is 9.82. The lowest BCUT2D eigenvalue weighted by molar-refractivity contribution is 1.29. The van der Waals surface area contributed by atoms with Crippen molar-refractivity contribution in [2.75, 3.05) is 0 Å². The number of fused-ring (bicyclic) bond motifs is 2. The molecule has 26 heavy (non-hydrogen) atoms. The van der Waals surface area contributed by atoms with E-state index in [1.807, 2.05) is 0 Å². The van der Waals surface area contributed by atoms with E-state index < -0.39 is 0 Å². The first-order valence-electron chi connectivity index (χ1n) is 9.41. The van der Waals surface area contributed by atoms with Crippen LogP contribution in [0, 0.1) is 0 Å². The molecule has 2 aliphatic carbocycles. The van der Waals surface area contributed by atoms with Gasteiger partial charge in [-0.25, -0.2) is 0 Å². The molecule has 120 valence electrons. The molecule has 0 fully saturated rings. The average Bonchev–Trinajstić information content (AvgIpc) is 2.70. The molecule has 0 nitrogen and oxygen atoms in total. The van der Waals surface area contributed by atoms with Crippen LogP contribution >= 0.6 is 0 Å². The van der Waals surface area contributed by atoms with Crippen LogP contribution in [-0.2, 0) is 12.8 Å². The largest absolute Gasteiger partial charge is 0.0795 e. The lowest BCUT2D eigenvalue weighted by Gasteiger charge is -2.21. The van der Waals surface area contributed by atoms with Crippen molar-refractivity contribution in [2.45, 2.75) is 12.8 Å². The third-order valence-electron chi connectivity index (χ3n) is 6.41. The minimum absolute atomic E-state index is 1.04. The van der Waals surface area contributed by atoms with Gasteiger partial charge in [-0.1, -0.05) is 72.8 Å². The van der Waals surface area contributed by atoms with Crippen LogP contribution in [0.1, 0.15) is 22.3 Å². The van der Waals surface area contributed by atoms with E-state index in [9.17, 15) is 0 Å². The maximum absolute atomic E-state index is 2.36. The van der Waals surface area contributed by atoms with Crippen molar-refractivity contribution in [1.82, 2.24) is 0 Å². The summed E-state index contributed by atoms with van der Waals surface area (Å²) in [5, 5.41) is 11.4. The van der Waals surface area contributed by atoms with E-state index >= 15 is 0 Å². The summed E-state index contributed by atoms with van der Waals surface area (Å²) < 4.78 is 0. The summed E-state index contributed by atoms with van der Waals surface area (Å²) in [5.74, 6) is 0. The summed E-state index contributed by atoms with van der Waals surface area (Å²) in [7, 11) is 0. The molecule has 0 unspecified atom stereocenters. The van der Waals surface area contributed by atoms with E-state index in [2.05, 4.69) is 72.8 Å². The minimum Gasteiger partial charge on any atom is -0.0795 e. The standard InChI is InChI=1S/C26H16/c1-3-15-7-11-19-21-13-9-17-5-2-6-18-10-14-22(26(21)24(17)18)20-12-8-16(4-1)23(15)25(19)20/h1-3,6-14H,4-5H2. The maximum atomic E-state index is 2.36. The molecule has 0 amide bonds. The molecule has 0 heterocycles. The third kappa shape index (κ3) is 1.40. The molecule has 0 atom stereocenters. The van der Waals surface area contributed by atoms with Crippen molar-refractivity contribution in [1.29, 1.82) is 0 Å². The van der Waals surface area contributed by atoms with E-state index in [0.717, 1.165) is 12.8 Å². The smallest absolute Gasteiger partial charge is 0.00175 e. The predicted molar refractivity (Wildman–Crippen MR) is 113 cm³/mol. The Morgan fingerprint density at radius 1 is 0.423 bits per heavy atom. The Labute approximate surface area is 151 Å². The lowest BCUT2D eigenvalue weighted by Crippen LogP contribution is -1.98. The van der Waals surface area contributed by atoms with Crippen LogP contribution in [0.2, 0.25) is 0 Å². The molecule has 0 saturated carbocycles. The molecular weight excluding hydrogens is 312 g/mol. The van der Waals surface area contributed by atoms with Crippen molar-refractivity contribution >= 4 is 55.2 Å². The monoisotopic (exact) mass is 328 g/mol. The van der Waals surface area contributed by atoms with Crippen LogP contribution in [0.5, 0.6) is 0 Å². The van der Waals surface area contributed by atoms with Crippen LogP contribution in [0.4, 0.5) is 0 Å². The Morgan fingerprint density at radius 2 is 0.846 bits per heavy atom. The topological polar surface area (TPSA) is 0 Å². The second-order valence-electron chi connectivity index (χ2n) is 7.66. The van der Waals surface area contributed by atoms with Gasteiger partial charge in [-0.15, -0.1) is 0 Å². The zero-order chi connectivity index (χ0) is 16.8. The first kappa shape index (κ1) is 13.1. The van der Waals surface area contributed by atoms with Gasteiger partial charge < -0.3 is 0 Å². The number of benzene rings is 5. The number of hydrogen-bond donors (Lipinski definition) is 0. The molecule has 0 bridgehead atoms. The number of allylic oxidation sites excluding steroid dienone is 2. The Bertz CT molecular complexity index is 1330. The van der Waals surface area contributed by atoms with Gasteiger partial charge in [0.15, 0.2) is 0 Å². The highest BCUT2D eigenvalue weighted by molar-refractivity contribution is 6.34. The molecule has 0 spiro atoms. The fourth-order valence-electron chi connectivity index (χ4n) is 5.33. The van der Waals surface area contributed by atoms with E-state index in [1.165, 1.54) is 65.3 Å². The van der Waals surface area contributed by atoms with Gasteiger partial charge in [0.25, 0.3) is 0 Å². The molecule has 5 aromatic carbocycles. The van der Waals surface area contributed by atoms with Crippen LogP contribution in [0.15, 0.2) is 60.7 Å². The van der Waals surface area contributed by atoms with Gasteiger partial charge in [-0.05, 0) is 78.2 Å². The fourth-order valence-corrected chi connectivity index (χ4v) is 5.33. The van der Waals surface area contributed by atoms with Gasteiger partial charge in [0, 0.05) is 0 Å². The molecule has 5 aromatic rings. The molecular formula is C26H16. The Balaban J connectivity index is 1.87. The summed E-state index contributed by atoms with van der Waals surface area (Å²) in [6, 6.07) is 18.7. The molecule has 7 rings (SSSR count). The fraction of sp³-hybridized carbons (Fsp3) is 0.0769. The minimum atomic E-state index is 1.04. The molecule has 0 saturated heterocycles. The van der Waals surface area contributed by atoms with Crippen LogP contribution in [0.3, 0.4) is 0 Å². The van der Waals surface area contributed by atoms with Gasteiger partial charge in [0.05, 0.1) is 0 Å². The molecule has 0 radical (unpaired) electrons. The molecule has 2 aliphatic rings. The van der Waals surface area contributed by atoms with Crippen molar-refractivity contribution < 1.29 is 0 Å². The quantitative estimate of drug-likeness (QED) is 0.215. The Hall–Kier alpha value is -3.12. The first-order chi connectivity index (χ1) is 12.9. The third-order valence-corrected chi connectivity index (χ3v) is 6.41. The van der Waals surface area contributed by atoms with E-state index in [-0.39, 0.29) is 0 Å². The maximum Gasteiger partial charge on any atom is -0.00175 e. The zero-order valence-electron chi connectivity index (χ0n) is 14.3. The predicted octanol–water partition coefficient (Wildman–Crippen LogP) is 6.88. The second kappa shape index (κ2) is 4.34. The Morgan fingerprint density at radius 3 is 1.31 bits per heavy atom. The van der Waals surface area contributed by atoms with Gasteiger partial charge in [-0.3, -0.25) is 0 Å². The summed E-state index contributed by atoms with van der Waals surface area (Å²) in [4.78, 5) is 0. The van der Waals surface area contributed by atoms with Gasteiger partial charge in [0.2, 0.25) is 0 Å². The summed E-state index contributed by atoms with van der Waals surface area (Å²) in [5.41, 5.74) is 5.65.